The maximum Gasteiger partial charge on any atom is 0.279 e. The van der Waals surface area contributed by atoms with E-state index in [0.717, 1.165) is 39.2 Å². The van der Waals surface area contributed by atoms with Crippen LogP contribution in [0.3, 0.4) is 0 Å². The number of benzene rings is 2. The number of ether oxygens (including phenoxy) is 2. The molecule has 0 radical (unpaired) electrons. The van der Waals surface area contributed by atoms with E-state index in [1.54, 1.807) is 13.3 Å². The van der Waals surface area contributed by atoms with Gasteiger partial charge in [0.1, 0.15) is 5.75 Å². The molecule has 1 aliphatic rings. The Bertz CT molecular complexity index is 1340. The first-order valence-electron chi connectivity index (χ1n) is 10.3. The summed E-state index contributed by atoms with van der Waals surface area (Å²) in [5.41, 5.74) is 5.36. The molecule has 0 atom stereocenters. The van der Waals surface area contributed by atoms with Crippen LogP contribution in [0.15, 0.2) is 59.5 Å². The Morgan fingerprint density at radius 2 is 1.71 bits per heavy atom. The standard InChI is InChI=1S/C25H23N3O3/c1-15-10-21-22(11-16(15)2)25(29)28(19-8-9-26-23(12-19)18-13-31-14-18)27-24(21)17-4-6-20(30-3)7-5-17/h4-12,18H,13-14H2,1-3H3. The van der Waals surface area contributed by atoms with Crippen LogP contribution >= 0.6 is 0 Å². The number of aromatic nitrogens is 3. The third-order valence-corrected chi connectivity index (χ3v) is 5.94. The third-order valence-electron chi connectivity index (χ3n) is 5.94. The monoisotopic (exact) mass is 413 g/mol. The van der Waals surface area contributed by atoms with E-state index in [1.165, 1.54) is 4.68 Å². The van der Waals surface area contributed by atoms with E-state index in [0.29, 0.717) is 24.3 Å². The van der Waals surface area contributed by atoms with Gasteiger partial charge in [-0.3, -0.25) is 9.78 Å². The summed E-state index contributed by atoms with van der Waals surface area (Å²) in [7, 11) is 1.64. The summed E-state index contributed by atoms with van der Waals surface area (Å²) in [5.74, 6) is 1.04. The number of hydrogen-bond donors (Lipinski definition) is 0. The van der Waals surface area contributed by atoms with Gasteiger partial charge in [-0.2, -0.15) is 9.78 Å². The Morgan fingerprint density at radius 1 is 1.00 bits per heavy atom. The van der Waals surface area contributed by atoms with Crippen LogP contribution in [-0.4, -0.2) is 35.1 Å². The SMILES string of the molecule is COc1ccc(-c2nn(-c3ccnc(C4COC4)c3)c(=O)c3cc(C)c(C)cc23)cc1. The van der Waals surface area contributed by atoms with E-state index in [-0.39, 0.29) is 11.5 Å². The van der Waals surface area contributed by atoms with Crippen molar-refractivity contribution in [2.45, 2.75) is 19.8 Å². The summed E-state index contributed by atoms with van der Waals surface area (Å²) in [5, 5.41) is 6.31. The molecule has 0 saturated carbocycles. The highest BCUT2D eigenvalue weighted by Crippen LogP contribution is 2.29. The fraction of sp³-hybridized carbons (Fsp3) is 0.240. The second-order valence-electron chi connectivity index (χ2n) is 7.95. The molecule has 2 aromatic carbocycles. The van der Waals surface area contributed by atoms with Crippen LogP contribution in [-0.2, 0) is 4.74 Å². The summed E-state index contributed by atoms with van der Waals surface area (Å²) < 4.78 is 12.1. The Morgan fingerprint density at radius 3 is 2.35 bits per heavy atom. The van der Waals surface area contributed by atoms with Crippen LogP contribution in [0.2, 0.25) is 0 Å². The minimum Gasteiger partial charge on any atom is -0.497 e. The fourth-order valence-corrected chi connectivity index (χ4v) is 3.84. The lowest BCUT2D eigenvalue weighted by Gasteiger charge is -2.25. The lowest BCUT2D eigenvalue weighted by molar-refractivity contribution is 0.00671. The average Bonchev–Trinajstić information content (AvgIpc) is 2.75. The Labute approximate surface area is 180 Å². The van der Waals surface area contributed by atoms with Gasteiger partial charge in [0.2, 0.25) is 0 Å². The second kappa shape index (κ2) is 7.63. The van der Waals surface area contributed by atoms with Crippen LogP contribution in [0, 0.1) is 13.8 Å². The van der Waals surface area contributed by atoms with Crippen molar-refractivity contribution in [2.24, 2.45) is 0 Å². The zero-order valence-corrected chi connectivity index (χ0v) is 17.8. The molecule has 0 spiro atoms. The number of hydrogen-bond acceptors (Lipinski definition) is 5. The second-order valence-corrected chi connectivity index (χ2v) is 7.95. The first-order valence-corrected chi connectivity index (χ1v) is 10.3. The van der Waals surface area contributed by atoms with Gasteiger partial charge in [0, 0.05) is 23.1 Å². The normalized spacial score (nSPS) is 13.9. The lowest BCUT2D eigenvalue weighted by Crippen LogP contribution is -2.27. The number of rotatable bonds is 4. The van der Waals surface area contributed by atoms with Crippen LogP contribution in [0.5, 0.6) is 5.75 Å². The van der Waals surface area contributed by atoms with Crippen molar-refractivity contribution in [1.29, 1.82) is 0 Å². The molecule has 0 amide bonds. The van der Waals surface area contributed by atoms with E-state index in [4.69, 9.17) is 14.6 Å². The molecule has 0 bridgehead atoms. The molecule has 1 aliphatic heterocycles. The van der Waals surface area contributed by atoms with Gasteiger partial charge in [0.05, 0.1) is 42.8 Å². The molecule has 6 nitrogen and oxygen atoms in total. The van der Waals surface area contributed by atoms with Crippen molar-refractivity contribution in [3.05, 3.63) is 81.9 Å². The number of aryl methyl sites for hydroxylation is 2. The number of methoxy groups -OCH3 is 1. The maximum absolute atomic E-state index is 13.5. The summed E-state index contributed by atoms with van der Waals surface area (Å²) >= 11 is 0. The largest absolute Gasteiger partial charge is 0.497 e. The smallest absolute Gasteiger partial charge is 0.279 e. The zero-order valence-electron chi connectivity index (χ0n) is 17.8. The van der Waals surface area contributed by atoms with Gasteiger partial charge >= 0.3 is 0 Å². The van der Waals surface area contributed by atoms with Gasteiger partial charge in [-0.25, -0.2) is 0 Å². The molecule has 3 heterocycles. The zero-order chi connectivity index (χ0) is 21.5. The van der Waals surface area contributed by atoms with E-state index >= 15 is 0 Å². The van der Waals surface area contributed by atoms with Gasteiger partial charge in [-0.15, -0.1) is 0 Å². The molecule has 31 heavy (non-hydrogen) atoms. The minimum absolute atomic E-state index is 0.141. The van der Waals surface area contributed by atoms with Crippen molar-refractivity contribution < 1.29 is 9.47 Å². The first-order chi connectivity index (χ1) is 15.0. The highest BCUT2D eigenvalue weighted by atomic mass is 16.5. The molecule has 2 aromatic heterocycles. The molecular formula is C25H23N3O3. The number of fused-ring (bicyclic) bond motifs is 1. The molecule has 5 rings (SSSR count). The fourth-order valence-electron chi connectivity index (χ4n) is 3.84. The van der Waals surface area contributed by atoms with Crippen molar-refractivity contribution in [3.8, 4) is 22.7 Å². The minimum atomic E-state index is -0.141. The predicted octanol–water partition coefficient (Wildman–Crippen LogP) is 4.19. The molecule has 1 fully saturated rings. The van der Waals surface area contributed by atoms with Gasteiger partial charge in [-0.1, -0.05) is 0 Å². The van der Waals surface area contributed by atoms with Gasteiger partial charge in [-0.05, 0) is 73.5 Å². The molecule has 0 N–H and O–H groups in total. The molecule has 6 heteroatoms. The molecule has 0 unspecified atom stereocenters. The highest BCUT2D eigenvalue weighted by molar-refractivity contribution is 5.95. The van der Waals surface area contributed by atoms with Gasteiger partial charge < -0.3 is 9.47 Å². The summed E-state index contributed by atoms with van der Waals surface area (Å²) in [4.78, 5) is 17.9. The van der Waals surface area contributed by atoms with E-state index in [2.05, 4.69) is 4.98 Å². The van der Waals surface area contributed by atoms with E-state index in [1.807, 2.05) is 62.4 Å². The number of pyridine rings is 1. The highest BCUT2D eigenvalue weighted by Gasteiger charge is 2.23. The van der Waals surface area contributed by atoms with E-state index in [9.17, 15) is 4.79 Å². The van der Waals surface area contributed by atoms with Crippen molar-refractivity contribution in [2.75, 3.05) is 20.3 Å². The lowest BCUT2D eigenvalue weighted by atomic mass is 9.99. The third kappa shape index (κ3) is 3.39. The summed E-state index contributed by atoms with van der Waals surface area (Å²) in [6.45, 7) is 5.39. The quantitative estimate of drug-likeness (QED) is 0.502. The van der Waals surface area contributed by atoms with Crippen LogP contribution in [0.4, 0.5) is 0 Å². The number of nitrogens with zero attached hydrogens (tertiary/aromatic N) is 3. The van der Waals surface area contributed by atoms with Crippen molar-refractivity contribution in [3.63, 3.8) is 0 Å². The van der Waals surface area contributed by atoms with Crippen LogP contribution in [0.25, 0.3) is 27.7 Å². The molecule has 4 aromatic rings. The Balaban J connectivity index is 1.76. The molecule has 1 saturated heterocycles. The van der Waals surface area contributed by atoms with Crippen molar-refractivity contribution >= 4 is 10.8 Å². The Kier molecular flexibility index (Phi) is 4.79. The van der Waals surface area contributed by atoms with Crippen LogP contribution < -0.4 is 10.3 Å². The van der Waals surface area contributed by atoms with Gasteiger partial charge in [0.15, 0.2) is 0 Å². The topological polar surface area (TPSA) is 66.2 Å². The van der Waals surface area contributed by atoms with Gasteiger partial charge in [0.25, 0.3) is 5.56 Å². The predicted molar refractivity (Wildman–Crippen MR) is 120 cm³/mol. The first kappa shape index (κ1) is 19.5. The van der Waals surface area contributed by atoms with E-state index < -0.39 is 0 Å². The van der Waals surface area contributed by atoms with Crippen LogP contribution in [0.1, 0.15) is 22.7 Å². The molecular weight excluding hydrogens is 390 g/mol. The van der Waals surface area contributed by atoms with Crippen molar-refractivity contribution in [1.82, 2.24) is 14.8 Å². The molecule has 0 aliphatic carbocycles. The maximum atomic E-state index is 13.5. The molecule has 156 valence electrons. The summed E-state index contributed by atoms with van der Waals surface area (Å²) in [6.07, 6.45) is 1.73. The average molecular weight is 413 g/mol. The summed E-state index contributed by atoms with van der Waals surface area (Å²) in [6, 6.07) is 15.5. The Hall–Kier alpha value is -3.51.